The predicted octanol–water partition coefficient (Wildman–Crippen LogP) is 1.51. The van der Waals surface area contributed by atoms with E-state index in [9.17, 15) is 4.79 Å². The minimum Gasteiger partial charge on any atom is -0.454 e. The van der Waals surface area contributed by atoms with Crippen LogP contribution in [0.5, 0.6) is 11.5 Å². The molecule has 2 heterocycles. The third kappa shape index (κ3) is 3.42. The van der Waals surface area contributed by atoms with Crippen LogP contribution in [0, 0.1) is 0 Å². The molecule has 0 saturated heterocycles. The molecule has 6 nitrogen and oxygen atoms in total. The quantitative estimate of drug-likeness (QED) is 0.816. The van der Waals surface area contributed by atoms with E-state index in [0.29, 0.717) is 12.3 Å². The minimum atomic E-state index is -0.132. The second-order valence-corrected chi connectivity index (χ2v) is 4.56. The fraction of sp³-hybridized carbons (Fsp3) is 0.200. The third-order valence-electron chi connectivity index (χ3n) is 3.07. The Morgan fingerprint density at radius 2 is 2.29 bits per heavy atom. The predicted molar refractivity (Wildman–Crippen MR) is 76.9 cm³/mol. The van der Waals surface area contributed by atoms with Gasteiger partial charge in [0.1, 0.15) is 0 Å². The SMILES string of the molecule is O=C(C=Cc1ccc2c(c1)OCO2)NCCc1cnc[nH]1. The molecule has 1 aliphatic heterocycles. The first-order valence-corrected chi connectivity index (χ1v) is 6.64. The molecule has 2 N–H and O–H groups in total. The maximum atomic E-state index is 11.7. The number of nitrogens with one attached hydrogen (secondary N) is 2. The highest BCUT2D eigenvalue weighted by Crippen LogP contribution is 2.32. The summed E-state index contributed by atoms with van der Waals surface area (Å²) in [4.78, 5) is 18.6. The van der Waals surface area contributed by atoms with E-state index in [-0.39, 0.29) is 12.7 Å². The zero-order valence-corrected chi connectivity index (χ0v) is 11.3. The van der Waals surface area contributed by atoms with Gasteiger partial charge in [0.05, 0.1) is 6.33 Å². The van der Waals surface area contributed by atoms with Crippen molar-refractivity contribution in [1.82, 2.24) is 15.3 Å². The maximum absolute atomic E-state index is 11.7. The largest absolute Gasteiger partial charge is 0.454 e. The summed E-state index contributed by atoms with van der Waals surface area (Å²) in [7, 11) is 0. The summed E-state index contributed by atoms with van der Waals surface area (Å²) in [6.45, 7) is 0.809. The van der Waals surface area contributed by atoms with E-state index < -0.39 is 0 Å². The molecule has 0 bridgehead atoms. The van der Waals surface area contributed by atoms with Crippen LogP contribution in [0.3, 0.4) is 0 Å². The number of hydrogen-bond donors (Lipinski definition) is 2. The lowest BCUT2D eigenvalue weighted by Crippen LogP contribution is -2.23. The first-order valence-electron chi connectivity index (χ1n) is 6.64. The number of carbonyl (C=O) groups is 1. The number of aromatic amines is 1. The van der Waals surface area contributed by atoms with Gasteiger partial charge in [-0.1, -0.05) is 6.07 Å². The van der Waals surface area contributed by atoms with Gasteiger partial charge < -0.3 is 19.8 Å². The van der Waals surface area contributed by atoms with Crippen molar-refractivity contribution in [1.29, 1.82) is 0 Å². The van der Waals surface area contributed by atoms with Gasteiger partial charge in [-0.15, -0.1) is 0 Å². The van der Waals surface area contributed by atoms with Crippen molar-refractivity contribution in [3.63, 3.8) is 0 Å². The smallest absolute Gasteiger partial charge is 0.244 e. The maximum Gasteiger partial charge on any atom is 0.244 e. The van der Waals surface area contributed by atoms with Gasteiger partial charge in [-0.3, -0.25) is 4.79 Å². The molecule has 1 aliphatic rings. The van der Waals surface area contributed by atoms with Gasteiger partial charge in [0.15, 0.2) is 11.5 Å². The second-order valence-electron chi connectivity index (χ2n) is 4.56. The van der Waals surface area contributed by atoms with Crippen LogP contribution in [0.2, 0.25) is 0 Å². The highest BCUT2D eigenvalue weighted by Gasteiger charge is 2.12. The van der Waals surface area contributed by atoms with E-state index >= 15 is 0 Å². The van der Waals surface area contributed by atoms with E-state index in [1.807, 2.05) is 18.2 Å². The van der Waals surface area contributed by atoms with Crippen LogP contribution >= 0.6 is 0 Å². The van der Waals surface area contributed by atoms with Crippen molar-refractivity contribution in [2.24, 2.45) is 0 Å². The summed E-state index contributed by atoms with van der Waals surface area (Å²) in [5, 5.41) is 2.81. The van der Waals surface area contributed by atoms with E-state index in [1.54, 1.807) is 18.6 Å². The molecule has 0 radical (unpaired) electrons. The van der Waals surface area contributed by atoms with Gasteiger partial charge in [-0.05, 0) is 23.8 Å². The Morgan fingerprint density at radius 3 is 3.14 bits per heavy atom. The first-order chi connectivity index (χ1) is 10.3. The number of amides is 1. The standard InChI is InChI=1S/C15H15N3O3/c19-15(17-6-5-12-8-16-9-18-12)4-2-11-1-3-13-14(7-11)21-10-20-13/h1-4,7-9H,5-6,10H2,(H,16,18)(H,17,19). The van der Waals surface area contributed by atoms with Gasteiger partial charge in [-0.25, -0.2) is 4.98 Å². The molecule has 21 heavy (non-hydrogen) atoms. The van der Waals surface area contributed by atoms with Crippen LogP contribution in [-0.2, 0) is 11.2 Å². The summed E-state index contributed by atoms with van der Waals surface area (Å²) in [6.07, 6.45) is 7.34. The first kappa shape index (κ1) is 13.2. The molecule has 0 saturated carbocycles. The van der Waals surface area contributed by atoms with Crippen LogP contribution in [0.4, 0.5) is 0 Å². The summed E-state index contributed by atoms with van der Waals surface area (Å²) < 4.78 is 10.5. The van der Waals surface area contributed by atoms with E-state index in [0.717, 1.165) is 23.4 Å². The molecule has 0 atom stereocenters. The zero-order valence-electron chi connectivity index (χ0n) is 11.3. The van der Waals surface area contributed by atoms with Crippen molar-refractivity contribution in [3.05, 3.63) is 48.1 Å². The number of ether oxygens (including phenoxy) is 2. The highest BCUT2D eigenvalue weighted by molar-refractivity contribution is 5.91. The van der Waals surface area contributed by atoms with Crippen molar-refractivity contribution < 1.29 is 14.3 Å². The molecule has 108 valence electrons. The number of hydrogen-bond acceptors (Lipinski definition) is 4. The normalized spacial score (nSPS) is 12.8. The molecule has 6 heteroatoms. The molecule has 2 aromatic rings. The molecular formula is C15H15N3O3. The van der Waals surface area contributed by atoms with E-state index in [1.165, 1.54) is 6.08 Å². The summed E-state index contributed by atoms with van der Waals surface area (Å²) >= 11 is 0. The number of benzene rings is 1. The lowest BCUT2D eigenvalue weighted by molar-refractivity contribution is -0.116. The second kappa shape index (κ2) is 6.13. The van der Waals surface area contributed by atoms with Crippen LogP contribution < -0.4 is 14.8 Å². The Bertz CT molecular complexity index is 650. The monoisotopic (exact) mass is 285 g/mol. The molecule has 0 fully saturated rings. The Hall–Kier alpha value is -2.76. The number of nitrogens with zero attached hydrogens (tertiary/aromatic N) is 1. The van der Waals surface area contributed by atoms with Crippen LogP contribution in [0.25, 0.3) is 6.08 Å². The molecule has 0 aliphatic carbocycles. The van der Waals surface area contributed by atoms with Gasteiger partial charge in [0.25, 0.3) is 0 Å². The molecule has 0 unspecified atom stereocenters. The average molecular weight is 285 g/mol. The van der Waals surface area contributed by atoms with Crippen LogP contribution in [-0.4, -0.2) is 29.2 Å². The Kier molecular flexibility index (Phi) is 3.86. The van der Waals surface area contributed by atoms with Gasteiger partial charge in [-0.2, -0.15) is 0 Å². The molecule has 1 amide bonds. The van der Waals surface area contributed by atoms with E-state index in [2.05, 4.69) is 15.3 Å². The molecule has 0 spiro atoms. The fourth-order valence-electron chi connectivity index (χ4n) is 1.99. The Labute approximate surface area is 121 Å². The Balaban J connectivity index is 1.50. The number of imidazole rings is 1. The van der Waals surface area contributed by atoms with Gasteiger partial charge in [0, 0.05) is 30.9 Å². The number of H-pyrrole nitrogens is 1. The van der Waals surface area contributed by atoms with E-state index in [4.69, 9.17) is 9.47 Å². The third-order valence-corrected chi connectivity index (χ3v) is 3.07. The molecular weight excluding hydrogens is 270 g/mol. The minimum absolute atomic E-state index is 0.132. The fourth-order valence-corrected chi connectivity index (χ4v) is 1.99. The molecule has 1 aromatic heterocycles. The van der Waals surface area contributed by atoms with Crippen molar-refractivity contribution >= 4 is 12.0 Å². The van der Waals surface area contributed by atoms with Crippen LogP contribution in [0.15, 0.2) is 36.8 Å². The van der Waals surface area contributed by atoms with Crippen molar-refractivity contribution in [2.45, 2.75) is 6.42 Å². The van der Waals surface area contributed by atoms with Crippen LogP contribution in [0.1, 0.15) is 11.3 Å². The van der Waals surface area contributed by atoms with Crippen molar-refractivity contribution in [2.75, 3.05) is 13.3 Å². The highest BCUT2D eigenvalue weighted by atomic mass is 16.7. The number of rotatable bonds is 5. The molecule has 1 aromatic carbocycles. The van der Waals surface area contributed by atoms with Crippen molar-refractivity contribution in [3.8, 4) is 11.5 Å². The van der Waals surface area contributed by atoms with Gasteiger partial charge in [0.2, 0.25) is 12.7 Å². The lowest BCUT2D eigenvalue weighted by atomic mass is 10.2. The average Bonchev–Trinajstić information content (AvgIpc) is 3.15. The lowest BCUT2D eigenvalue weighted by Gasteiger charge is -2.00. The zero-order chi connectivity index (χ0) is 14.5. The summed E-state index contributed by atoms with van der Waals surface area (Å²) in [5.41, 5.74) is 1.89. The Morgan fingerprint density at radius 1 is 1.38 bits per heavy atom. The molecule has 3 rings (SSSR count). The topological polar surface area (TPSA) is 76.2 Å². The summed E-state index contributed by atoms with van der Waals surface area (Å²) in [5.74, 6) is 1.31. The summed E-state index contributed by atoms with van der Waals surface area (Å²) in [6, 6.07) is 5.55. The number of aromatic nitrogens is 2. The van der Waals surface area contributed by atoms with Gasteiger partial charge >= 0.3 is 0 Å². The number of fused-ring (bicyclic) bond motifs is 1. The number of carbonyl (C=O) groups excluding carboxylic acids is 1.